The Balaban J connectivity index is 0.000000201. The van der Waals surface area contributed by atoms with Crippen molar-refractivity contribution in [2.45, 2.75) is 38.9 Å². The van der Waals surface area contributed by atoms with Crippen molar-refractivity contribution in [1.29, 1.82) is 10.5 Å². The zero-order valence-electron chi connectivity index (χ0n) is 29.5. The maximum atomic E-state index is 12.2. The molecule has 2 aliphatic heterocycles. The minimum absolute atomic E-state index is 0.234. The van der Waals surface area contributed by atoms with Gasteiger partial charge in [-0.05, 0) is 63.1 Å². The molecule has 0 spiro atoms. The summed E-state index contributed by atoms with van der Waals surface area (Å²) in [5.74, 6) is -1.08. The van der Waals surface area contributed by atoms with Gasteiger partial charge in [-0.25, -0.2) is 0 Å². The molecule has 2 saturated heterocycles. The van der Waals surface area contributed by atoms with E-state index >= 15 is 0 Å². The number of hydrogen-bond acceptors (Lipinski definition) is 12. The van der Waals surface area contributed by atoms with E-state index in [0.717, 1.165) is 33.2 Å². The second-order valence-electron chi connectivity index (χ2n) is 12.3. The first-order chi connectivity index (χ1) is 25.2. The summed E-state index contributed by atoms with van der Waals surface area (Å²) in [6, 6.07) is 15.3. The lowest BCUT2D eigenvalue weighted by atomic mass is 9.92. The zero-order chi connectivity index (χ0) is 37.4. The molecule has 14 heteroatoms. The van der Waals surface area contributed by atoms with Gasteiger partial charge in [0.05, 0.1) is 70.8 Å². The van der Waals surface area contributed by atoms with Gasteiger partial charge in [-0.1, -0.05) is 23.2 Å². The number of aromatic nitrogens is 2. The van der Waals surface area contributed by atoms with Gasteiger partial charge in [0.15, 0.2) is 0 Å². The summed E-state index contributed by atoms with van der Waals surface area (Å²) < 4.78 is 21.5. The van der Waals surface area contributed by atoms with E-state index in [-0.39, 0.29) is 36.0 Å². The number of esters is 2. The number of piperidine rings is 2. The maximum absolute atomic E-state index is 12.2. The highest BCUT2D eigenvalue weighted by Gasteiger charge is 2.38. The van der Waals surface area contributed by atoms with Gasteiger partial charge in [-0.15, -0.1) is 0 Å². The number of nitriles is 2. The van der Waals surface area contributed by atoms with Gasteiger partial charge in [0.1, 0.15) is 12.1 Å². The Bertz CT molecular complexity index is 1870. The Hall–Kier alpha value is -4.72. The van der Waals surface area contributed by atoms with Crippen LogP contribution in [0.15, 0.2) is 48.8 Å². The monoisotopic (exact) mass is 746 g/mol. The molecule has 272 valence electrons. The molecule has 0 saturated carbocycles. The second-order valence-corrected chi connectivity index (χ2v) is 13.2. The van der Waals surface area contributed by atoms with Crippen LogP contribution >= 0.6 is 23.2 Å². The summed E-state index contributed by atoms with van der Waals surface area (Å²) >= 11 is 12.3. The first-order valence-electron chi connectivity index (χ1n) is 17.0. The van der Waals surface area contributed by atoms with Crippen molar-refractivity contribution in [2.24, 2.45) is 11.8 Å². The van der Waals surface area contributed by atoms with Gasteiger partial charge in [-0.3, -0.25) is 19.6 Å². The van der Waals surface area contributed by atoms with Crippen LogP contribution in [0.4, 0.5) is 11.4 Å². The SMILES string of the molecule is CCOC(=O)[C@@H]1CCN(c2c(C#N)cnc3ccc(Cl)cc23)C[C@@H]1OC.CCOC(=O)[C@H]1CCN(c2c(C#N)cnc3ccc(Cl)cc23)C[C@H]1OC. The molecule has 0 N–H and O–H groups in total. The van der Waals surface area contributed by atoms with Crippen LogP contribution in [0.3, 0.4) is 0 Å². The predicted molar refractivity (Wildman–Crippen MR) is 198 cm³/mol. The molecule has 6 rings (SSSR count). The quantitative estimate of drug-likeness (QED) is 0.185. The molecule has 2 aromatic carbocycles. The fourth-order valence-electron chi connectivity index (χ4n) is 6.90. The molecule has 0 unspecified atom stereocenters. The number of anilines is 2. The van der Waals surface area contributed by atoms with Crippen molar-refractivity contribution in [3.63, 3.8) is 0 Å². The van der Waals surface area contributed by atoms with E-state index in [2.05, 4.69) is 31.9 Å². The minimum atomic E-state index is -0.309. The molecule has 4 heterocycles. The average molecular weight is 748 g/mol. The molecule has 2 fully saturated rings. The van der Waals surface area contributed by atoms with E-state index in [0.29, 0.717) is 73.4 Å². The van der Waals surface area contributed by atoms with Crippen molar-refractivity contribution in [3.8, 4) is 12.1 Å². The van der Waals surface area contributed by atoms with Gasteiger partial charge in [0, 0.05) is 73.6 Å². The Morgan fingerprint density at radius 1 is 0.750 bits per heavy atom. The largest absolute Gasteiger partial charge is 0.466 e. The summed E-state index contributed by atoms with van der Waals surface area (Å²) in [4.78, 5) is 37.2. The highest BCUT2D eigenvalue weighted by Crippen LogP contribution is 2.36. The number of pyridine rings is 2. The molecule has 0 radical (unpaired) electrons. The van der Waals surface area contributed by atoms with E-state index < -0.39 is 0 Å². The average Bonchev–Trinajstić information content (AvgIpc) is 3.16. The Labute approximate surface area is 312 Å². The number of carbonyl (C=O) groups is 2. The van der Waals surface area contributed by atoms with Gasteiger partial charge < -0.3 is 28.7 Å². The van der Waals surface area contributed by atoms with E-state index in [1.54, 1.807) is 52.6 Å². The minimum Gasteiger partial charge on any atom is -0.466 e. The van der Waals surface area contributed by atoms with Gasteiger partial charge in [-0.2, -0.15) is 10.5 Å². The second kappa shape index (κ2) is 17.7. The first-order valence-corrected chi connectivity index (χ1v) is 17.8. The van der Waals surface area contributed by atoms with Crippen molar-refractivity contribution < 1.29 is 28.5 Å². The Kier molecular flexibility index (Phi) is 13.1. The lowest BCUT2D eigenvalue weighted by Crippen LogP contribution is -2.48. The van der Waals surface area contributed by atoms with Gasteiger partial charge >= 0.3 is 11.9 Å². The van der Waals surface area contributed by atoms with E-state index in [9.17, 15) is 20.1 Å². The van der Waals surface area contributed by atoms with Gasteiger partial charge in [0.25, 0.3) is 0 Å². The van der Waals surface area contributed by atoms with Crippen LogP contribution in [-0.4, -0.2) is 87.7 Å². The van der Waals surface area contributed by atoms with Crippen LogP contribution in [0.2, 0.25) is 10.0 Å². The molecule has 4 atom stereocenters. The Morgan fingerprint density at radius 3 is 1.50 bits per heavy atom. The molecule has 52 heavy (non-hydrogen) atoms. The highest BCUT2D eigenvalue weighted by molar-refractivity contribution is 6.32. The predicted octanol–water partition coefficient (Wildman–Crippen LogP) is 6.33. The number of rotatable bonds is 8. The molecule has 12 nitrogen and oxygen atoms in total. The van der Waals surface area contributed by atoms with Crippen molar-refractivity contribution >= 4 is 68.3 Å². The molecule has 2 aliphatic rings. The van der Waals surface area contributed by atoms with Crippen molar-refractivity contribution in [1.82, 2.24) is 9.97 Å². The zero-order valence-corrected chi connectivity index (χ0v) is 31.0. The van der Waals surface area contributed by atoms with Crippen LogP contribution in [0.25, 0.3) is 21.8 Å². The molecule has 0 bridgehead atoms. The van der Waals surface area contributed by atoms with Crippen LogP contribution in [0.5, 0.6) is 0 Å². The van der Waals surface area contributed by atoms with Gasteiger partial charge in [0.2, 0.25) is 0 Å². The summed E-state index contributed by atoms with van der Waals surface area (Å²) in [7, 11) is 3.18. The lowest BCUT2D eigenvalue weighted by molar-refractivity contribution is -0.154. The molecule has 2 aromatic heterocycles. The summed E-state index contributed by atoms with van der Waals surface area (Å²) in [5, 5.41) is 21.9. The van der Waals surface area contributed by atoms with E-state index in [1.807, 2.05) is 24.3 Å². The molecule has 0 aliphatic carbocycles. The standard InChI is InChI=1S/2C19H20ClN3O3/c2*1-3-26-19(24)14-6-7-23(11-17(14)25-2)18-12(9-21)10-22-16-5-4-13(20)8-15(16)18/h2*4-5,8,10,14,17H,3,6-7,11H2,1-2H3/t2*14-,17+/m10/s1. The maximum Gasteiger partial charge on any atom is 0.311 e. The summed E-state index contributed by atoms with van der Waals surface area (Å²) in [6.45, 7) is 6.48. The third kappa shape index (κ3) is 8.32. The lowest BCUT2D eigenvalue weighted by Gasteiger charge is -2.38. The molecular weight excluding hydrogens is 707 g/mol. The molecule has 0 amide bonds. The topological polar surface area (TPSA) is 151 Å². The highest BCUT2D eigenvalue weighted by atomic mass is 35.5. The van der Waals surface area contributed by atoms with E-state index in [4.69, 9.17) is 42.1 Å². The number of nitrogens with zero attached hydrogens (tertiary/aromatic N) is 6. The fourth-order valence-corrected chi connectivity index (χ4v) is 7.25. The number of ether oxygens (including phenoxy) is 4. The number of halogens is 2. The summed E-state index contributed by atoms with van der Waals surface area (Å²) in [6.07, 6.45) is 3.71. The fraction of sp³-hybridized carbons (Fsp3) is 0.421. The number of methoxy groups -OCH3 is 2. The van der Waals surface area contributed by atoms with Crippen LogP contribution in [0, 0.1) is 34.5 Å². The normalized spacial score (nSPS) is 20.0. The summed E-state index contributed by atoms with van der Waals surface area (Å²) in [5.41, 5.74) is 4.05. The van der Waals surface area contributed by atoms with Crippen LogP contribution in [-0.2, 0) is 28.5 Å². The number of fused-ring (bicyclic) bond motifs is 2. The Morgan fingerprint density at radius 2 is 1.15 bits per heavy atom. The van der Waals surface area contributed by atoms with Crippen molar-refractivity contribution in [2.75, 3.05) is 63.4 Å². The molecular formula is C38H40Cl2N6O6. The molecule has 4 aromatic rings. The van der Waals surface area contributed by atoms with E-state index in [1.165, 1.54) is 0 Å². The number of carbonyl (C=O) groups excluding carboxylic acids is 2. The smallest absolute Gasteiger partial charge is 0.311 e. The number of benzene rings is 2. The van der Waals surface area contributed by atoms with Crippen LogP contribution in [0.1, 0.15) is 37.8 Å². The number of hydrogen-bond donors (Lipinski definition) is 0. The van der Waals surface area contributed by atoms with Crippen LogP contribution < -0.4 is 9.80 Å². The third-order valence-corrected chi connectivity index (χ3v) is 9.85. The first kappa shape index (κ1) is 38.5. The van der Waals surface area contributed by atoms with Crippen molar-refractivity contribution in [3.05, 3.63) is 70.0 Å². The third-order valence-electron chi connectivity index (χ3n) is 9.38.